The summed E-state index contributed by atoms with van der Waals surface area (Å²) in [6.45, 7) is 2.84. The van der Waals surface area contributed by atoms with E-state index < -0.39 is 0 Å². The average Bonchev–Trinajstić information content (AvgIpc) is 2.46. The van der Waals surface area contributed by atoms with Gasteiger partial charge in [0.15, 0.2) is 0 Å². The lowest BCUT2D eigenvalue weighted by atomic mass is 10.1. The fraction of sp³-hybridized carbons (Fsp3) is 0.375. The Balaban J connectivity index is 1.74. The van der Waals surface area contributed by atoms with Crippen LogP contribution < -0.4 is 5.32 Å². The highest BCUT2D eigenvalue weighted by molar-refractivity contribution is 5.85. The van der Waals surface area contributed by atoms with E-state index in [2.05, 4.69) is 47.8 Å². The maximum atomic E-state index is 6.01. The summed E-state index contributed by atoms with van der Waals surface area (Å²) < 4.78 is 6.01. The third-order valence-corrected chi connectivity index (χ3v) is 3.61. The van der Waals surface area contributed by atoms with Crippen LogP contribution in [0, 0.1) is 0 Å². The zero-order valence-electron chi connectivity index (χ0n) is 10.6. The van der Waals surface area contributed by atoms with Crippen LogP contribution >= 0.6 is 0 Å². The average molecular weight is 241 g/mol. The van der Waals surface area contributed by atoms with Crippen molar-refractivity contribution in [3.63, 3.8) is 0 Å². The summed E-state index contributed by atoms with van der Waals surface area (Å²) in [5.74, 6) is 0. The molecule has 3 rings (SSSR count). The van der Waals surface area contributed by atoms with Gasteiger partial charge in [-0.1, -0.05) is 42.5 Å². The minimum Gasteiger partial charge on any atom is -0.372 e. The second-order valence-corrected chi connectivity index (χ2v) is 4.92. The van der Waals surface area contributed by atoms with Gasteiger partial charge in [-0.3, -0.25) is 0 Å². The van der Waals surface area contributed by atoms with E-state index in [1.807, 2.05) is 0 Å². The summed E-state index contributed by atoms with van der Waals surface area (Å²) in [7, 11) is 0. The Morgan fingerprint density at radius 2 is 2.00 bits per heavy atom. The van der Waals surface area contributed by atoms with Gasteiger partial charge >= 0.3 is 0 Å². The number of benzene rings is 2. The molecule has 1 saturated heterocycles. The lowest BCUT2D eigenvalue weighted by Crippen LogP contribution is -2.35. The molecule has 2 heteroatoms. The number of nitrogens with one attached hydrogen (secondary N) is 1. The summed E-state index contributed by atoms with van der Waals surface area (Å²) in [5.41, 5.74) is 1.29. The molecule has 18 heavy (non-hydrogen) atoms. The number of ether oxygens (including phenoxy) is 1. The summed E-state index contributed by atoms with van der Waals surface area (Å²) in [5, 5.41) is 5.98. The highest BCUT2D eigenvalue weighted by atomic mass is 16.5. The van der Waals surface area contributed by atoms with E-state index in [4.69, 9.17) is 4.74 Å². The third kappa shape index (κ3) is 2.55. The van der Waals surface area contributed by atoms with E-state index >= 15 is 0 Å². The highest BCUT2D eigenvalue weighted by Crippen LogP contribution is 2.20. The van der Waals surface area contributed by atoms with Gasteiger partial charge in [-0.2, -0.15) is 0 Å². The summed E-state index contributed by atoms with van der Waals surface area (Å²) in [6, 6.07) is 14.9. The van der Waals surface area contributed by atoms with Crippen LogP contribution in [0.1, 0.15) is 18.4 Å². The van der Waals surface area contributed by atoms with Gasteiger partial charge in [0.1, 0.15) is 0 Å². The van der Waals surface area contributed by atoms with Crippen LogP contribution in [0.4, 0.5) is 0 Å². The van der Waals surface area contributed by atoms with Crippen molar-refractivity contribution < 1.29 is 4.74 Å². The van der Waals surface area contributed by atoms with E-state index in [1.165, 1.54) is 29.2 Å². The predicted molar refractivity (Wildman–Crippen MR) is 74.6 cm³/mol. The molecule has 94 valence electrons. The van der Waals surface area contributed by atoms with Gasteiger partial charge in [-0.15, -0.1) is 0 Å². The Hall–Kier alpha value is -1.38. The first-order valence-electron chi connectivity index (χ1n) is 6.72. The largest absolute Gasteiger partial charge is 0.372 e. The molecule has 0 saturated carbocycles. The van der Waals surface area contributed by atoms with Crippen molar-refractivity contribution in [2.45, 2.75) is 25.6 Å². The van der Waals surface area contributed by atoms with Crippen molar-refractivity contribution in [3.05, 3.63) is 48.0 Å². The first-order chi connectivity index (χ1) is 8.93. The second-order valence-electron chi connectivity index (χ2n) is 4.92. The van der Waals surface area contributed by atoms with Crippen LogP contribution in [-0.4, -0.2) is 19.2 Å². The molecule has 1 fully saturated rings. The molecule has 2 nitrogen and oxygen atoms in total. The zero-order valence-corrected chi connectivity index (χ0v) is 10.6. The van der Waals surface area contributed by atoms with E-state index in [-0.39, 0.29) is 0 Å². The molecular weight excluding hydrogens is 222 g/mol. The van der Waals surface area contributed by atoms with Crippen LogP contribution in [0.5, 0.6) is 0 Å². The second kappa shape index (κ2) is 5.51. The molecule has 1 N–H and O–H groups in total. The van der Waals surface area contributed by atoms with Gasteiger partial charge in [0, 0.05) is 6.54 Å². The maximum Gasteiger partial charge on any atom is 0.0727 e. The fourth-order valence-electron chi connectivity index (χ4n) is 2.59. The van der Waals surface area contributed by atoms with Crippen molar-refractivity contribution in [3.8, 4) is 0 Å². The summed E-state index contributed by atoms with van der Waals surface area (Å²) in [6.07, 6.45) is 2.77. The standard InChI is InChI=1S/C16H19NO/c1-2-9-16-13(5-1)6-3-7-14(16)12-18-15-8-4-10-17-11-15/h1-3,5-7,9,15,17H,4,8,10-12H2/t15-/m0/s1. The van der Waals surface area contributed by atoms with Gasteiger partial charge in [0.2, 0.25) is 0 Å². The molecule has 2 aromatic carbocycles. The van der Waals surface area contributed by atoms with Crippen LogP contribution in [0.3, 0.4) is 0 Å². The monoisotopic (exact) mass is 241 g/mol. The van der Waals surface area contributed by atoms with Gasteiger partial charge in [0.05, 0.1) is 12.7 Å². The maximum absolute atomic E-state index is 6.01. The Kier molecular flexibility index (Phi) is 3.58. The lowest BCUT2D eigenvalue weighted by Gasteiger charge is -2.23. The van der Waals surface area contributed by atoms with Gasteiger partial charge in [-0.05, 0) is 35.7 Å². The number of rotatable bonds is 3. The van der Waals surface area contributed by atoms with Gasteiger partial charge < -0.3 is 10.1 Å². The predicted octanol–water partition coefficient (Wildman–Crippen LogP) is 3.11. The Morgan fingerprint density at radius 3 is 2.89 bits per heavy atom. The van der Waals surface area contributed by atoms with Crippen molar-refractivity contribution in [1.29, 1.82) is 0 Å². The summed E-state index contributed by atoms with van der Waals surface area (Å²) >= 11 is 0. The summed E-state index contributed by atoms with van der Waals surface area (Å²) in [4.78, 5) is 0. The molecule has 1 atom stereocenters. The SMILES string of the molecule is c1ccc2c(CO[C@H]3CCCNC3)cccc2c1. The van der Waals surface area contributed by atoms with Crippen LogP contribution in [-0.2, 0) is 11.3 Å². The minimum atomic E-state index is 0.373. The van der Waals surface area contributed by atoms with Crippen LogP contribution in [0.2, 0.25) is 0 Å². The molecule has 0 radical (unpaired) electrons. The van der Waals surface area contributed by atoms with Gasteiger partial charge in [0.25, 0.3) is 0 Å². The Morgan fingerprint density at radius 1 is 1.11 bits per heavy atom. The van der Waals surface area contributed by atoms with Crippen LogP contribution in [0.25, 0.3) is 10.8 Å². The molecule has 2 aromatic rings. The fourth-order valence-corrected chi connectivity index (χ4v) is 2.59. The Labute approximate surface area is 108 Å². The van der Waals surface area contributed by atoms with Crippen molar-refractivity contribution in [1.82, 2.24) is 5.32 Å². The molecule has 0 aromatic heterocycles. The van der Waals surface area contributed by atoms with Crippen molar-refractivity contribution in [2.24, 2.45) is 0 Å². The van der Waals surface area contributed by atoms with Crippen molar-refractivity contribution in [2.75, 3.05) is 13.1 Å². The highest BCUT2D eigenvalue weighted by Gasteiger charge is 2.13. The number of hydrogen-bond donors (Lipinski definition) is 1. The number of fused-ring (bicyclic) bond motifs is 1. The van der Waals surface area contributed by atoms with Crippen LogP contribution in [0.15, 0.2) is 42.5 Å². The van der Waals surface area contributed by atoms with E-state index in [1.54, 1.807) is 0 Å². The van der Waals surface area contributed by atoms with E-state index in [0.29, 0.717) is 12.7 Å². The molecule has 0 aliphatic carbocycles. The minimum absolute atomic E-state index is 0.373. The lowest BCUT2D eigenvalue weighted by molar-refractivity contribution is 0.0258. The zero-order chi connectivity index (χ0) is 12.2. The number of hydrogen-bond acceptors (Lipinski definition) is 2. The normalized spacial score (nSPS) is 20.1. The molecule has 0 spiro atoms. The molecule has 1 aliphatic heterocycles. The number of piperidine rings is 1. The molecule has 0 bridgehead atoms. The molecular formula is C16H19NO. The van der Waals surface area contributed by atoms with Crippen molar-refractivity contribution >= 4 is 10.8 Å². The smallest absolute Gasteiger partial charge is 0.0727 e. The first kappa shape index (κ1) is 11.7. The molecule has 1 heterocycles. The van der Waals surface area contributed by atoms with Gasteiger partial charge in [-0.25, -0.2) is 0 Å². The third-order valence-electron chi connectivity index (χ3n) is 3.61. The topological polar surface area (TPSA) is 21.3 Å². The van der Waals surface area contributed by atoms with E-state index in [9.17, 15) is 0 Å². The molecule has 1 aliphatic rings. The van der Waals surface area contributed by atoms with E-state index in [0.717, 1.165) is 13.1 Å². The first-order valence-corrected chi connectivity index (χ1v) is 6.72. The molecule has 0 amide bonds. The quantitative estimate of drug-likeness (QED) is 0.891. The molecule has 0 unspecified atom stereocenters. The Bertz CT molecular complexity index is 512.